The number of piperidine rings is 2. The Bertz CT molecular complexity index is 1920. The van der Waals surface area contributed by atoms with E-state index in [4.69, 9.17) is 9.47 Å². The van der Waals surface area contributed by atoms with Crippen molar-refractivity contribution in [1.82, 2.24) is 0 Å². The third-order valence-electron chi connectivity index (χ3n) is 17.2. The zero-order valence-corrected chi connectivity index (χ0v) is 28.5. The first-order valence-electron chi connectivity index (χ1n) is 19.4. The van der Waals surface area contributed by atoms with E-state index in [2.05, 4.69) is 82.6 Å². The van der Waals surface area contributed by atoms with Crippen LogP contribution >= 0.6 is 0 Å². The molecule has 2 aliphatic carbocycles. The van der Waals surface area contributed by atoms with E-state index in [0.29, 0.717) is 50.2 Å². The number of anilines is 2. The molecule has 0 N–H and O–H groups in total. The Hall–Kier alpha value is -3.66. The Kier molecular flexibility index (Phi) is 4.96. The molecule has 50 heavy (non-hydrogen) atoms. The minimum Gasteiger partial charge on any atom is -0.354 e. The average Bonchev–Trinajstić information content (AvgIpc) is 3.75. The fourth-order valence-corrected chi connectivity index (χ4v) is 16.1. The minimum atomic E-state index is -0.0515. The van der Waals surface area contributed by atoms with Crippen molar-refractivity contribution in [2.75, 3.05) is 62.3 Å². The van der Waals surface area contributed by atoms with Gasteiger partial charge in [-0.1, -0.05) is 48.6 Å². The fourth-order valence-electron chi connectivity index (χ4n) is 16.1. The van der Waals surface area contributed by atoms with Crippen molar-refractivity contribution in [3.8, 4) is 12.1 Å². The normalized spacial score (nSPS) is 49.6. The van der Waals surface area contributed by atoms with Crippen LogP contribution < -0.4 is 9.80 Å². The molecule has 13 rings (SSSR count). The molecule has 2 spiro atoms. The number of ether oxygens (including phenoxy) is 2. The number of nitrogens with zero attached hydrogens (tertiary/aromatic N) is 6. The molecule has 9 aliphatic heterocycles. The zero-order valence-electron chi connectivity index (χ0n) is 28.5. The monoisotopic (exact) mass is 664 g/mol. The van der Waals surface area contributed by atoms with Crippen LogP contribution in [-0.4, -0.2) is 98.1 Å². The SMILES string of the molecule is N#CC[N+]12CC[C@@]34c5ccccc5N5[C@@H]6OCC=C7C[N+]8(CC#N)CC[C@]9%10c%11ccccc%11N([C@@H]%11OCC=C(C1)[C@H](C[C@@H]32)[C@@H]%11[C@H]54)[C@H]9[C@H]6[C@H]7C[C@@H]%108. The lowest BCUT2D eigenvalue weighted by atomic mass is 9.52. The number of fused-ring (bicyclic) bond motifs is 6. The van der Waals surface area contributed by atoms with Crippen molar-refractivity contribution in [3.05, 3.63) is 83.0 Å². The van der Waals surface area contributed by atoms with Crippen LogP contribution in [0, 0.1) is 46.3 Å². The number of hydrogen-bond donors (Lipinski definition) is 0. The van der Waals surface area contributed by atoms with Gasteiger partial charge in [-0.25, -0.2) is 0 Å². The molecule has 14 atom stereocenters. The van der Waals surface area contributed by atoms with Gasteiger partial charge in [0.1, 0.15) is 49.8 Å². The predicted molar refractivity (Wildman–Crippen MR) is 185 cm³/mol. The van der Waals surface area contributed by atoms with E-state index in [9.17, 15) is 10.5 Å². The summed E-state index contributed by atoms with van der Waals surface area (Å²) in [5, 5.41) is 20.7. The molecular formula is C42H44N6O2+2. The molecule has 5 saturated heterocycles. The lowest BCUT2D eigenvalue weighted by Gasteiger charge is -2.65. The summed E-state index contributed by atoms with van der Waals surface area (Å²) in [6.45, 7) is 6.56. The summed E-state index contributed by atoms with van der Waals surface area (Å²) in [6.07, 6.45) is 9.30. The maximum absolute atomic E-state index is 10.4. The third kappa shape index (κ3) is 2.74. The molecule has 8 heteroatoms. The van der Waals surface area contributed by atoms with Crippen molar-refractivity contribution in [1.29, 1.82) is 10.5 Å². The molecule has 11 aliphatic rings. The maximum Gasteiger partial charge on any atom is 0.167 e. The van der Waals surface area contributed by atoms with E-state index in [0.717, 1.165) is 60.8 Å². The van der Waals surface area contributed by atoms with Crippen molar-refractivity contribution in [2.24, 2.45) is 23.7 Å². The second kappa shape index (κ2) is 8.85. The van der Waals surface area contributed by atoms with Crippen molar-refractivity contribution < 1.29 is 18.4 Å². The van der Waals surface area contributed by atoms with Gasteiger partial charge in [0.05, 0.1) is 49.2 Å². The maximum atomic E-state index is 10.4. The molecule has 2 aromatic rings. The Morgan fingerprint density at radius 2 is 1.14 bits per heavy atom. The van der Waals surface area contributed by atoms with E-state index < -0.39 is 0 Å². The van der Waals surface area contributed by atoms with E-state index >= 15 is 0 Å². The lowest BCUT2D eigenvalue weighted by Crippen LogP contribution is -2.78. The fraction of sp³-hybridized carbons (Fsp3) is 0.571. The molecule has 4 bridgehead atoms. The number of quaternary nitrogens is 2. The number of nitriles is 2. The third-order valence-corrected chi connectivity index (χ3v) is 17.2. The first-order valence-corrected chi connectivity index (χ1v) is 19.4. The predicted octanol–water partition coefficient (Wildman–Crippen LogP) is 4.34. The Morgan fingerprint density at radius 3 is 1.60 bits per heavy atom. The molecule has 9 heterocycles. The van der Waals surface area contributed by atoms with Gasteiger partial charge < -0.3 is 28.2 Å². The molecule has 2 unspecified atom stereocenters. The van der Waals surface area contributed by atoms with Crippen LogP contribution in [0.4, 0.5) is 11.4 Å². The number of benzene rings is 2. The van der Waals surface area contributed by atoms with Crippen molar-refractivity contribution >= 4 is 11.4 Å². The van der Waals surface area contributed by atoms with Crippen LogP contribution in [0.3, 0.4) is 0 Å². The Labute approximate surface area is 293 Å². The van der Waals surface area contributed by atoms with Gasteiger partial charge in [-0.05, 0) is 34.4 Å². The van der Waals surface area contributed by atoms with Gasteiger partial charge in [0.15, 0.2) is 13.1 Å². The summed E-state index contributed by atoms with van der Waals surface area (Å²) in [4.78, 5) is 5.76. The highest BCUT2D eigenvalue weighted by molar-refractivity contribution is 5.72. The summed E-state index contributed by atoms with van der Waals surface area (Å²) in [7, 11) is 0. The van der Waals surface area contributed by atoms with Gasteiger partial charge in [0.2, 0.25) is 0 Å². The molecule has 2 aromatic carbocycles. The Balaban J connectivity index is 1.12. The van der Waals surface area contributed by atoms with E-state index in [1.165, 1.54) is 22.5 Å². The van der Waals surface area contributed by atoms with Gasteiger partial charge in [0.25, 0.3) is 0 Å². The van der Waals surface area contributed by atoms with Crippen LogP contribution in [0.5, 0.6) is 0 Å². The van der Waals surface area contributed by atoms with Crippen molar-refractivity contribution in [2.45, 2.75) is 73.1 Å². The number of para-hydroxylation sites is 2. The molecule has 0 amide bonds. The first-order chi connectivity index (χ1) is 24.6. The molecule has 2 saturated carbocycles. The Morgan fingerprint density at radius 1 is 0.680 bits per heavy atom. The quantitative estimate of drug-likeness (QED) is 0.270. The van der Waals surface area contributed by atoms with Gasteiger partial charge in [-0.3, -0.25) is 0 Å². The molecular weight excluding hydrogens is 621 g/mol. The topological polar surface area (TPSA) is 72.5 Å². The van der Waals surface area contributed by atoms with E-state index in [-0.39, 0.29) is 47.2 Å². The molecule has 7 fully saturated rings. The number of hydrogen-bond acceptors (Lipinski definition) is 6. The van der Waals surface area contributed by atoms with Crippen LogP contribution in [0.15, 0.2) is 71.8 Å². The van der Waals surface area contributed by atoms with Gasteiger partial charge in [0, 0.05) is 60.7 Å². The lowest BCUT2D eigenvalue weighted by molar-refractivity contribution is -0.937. The van der Waals surface area contributed by atoms with Gasteiger partial charge in [-0.15, -0.1) is 0 Å². The van der Waals surface area contributed by atoms with Crippen LogP contribution in [0.2, 0.25) is 0 Å². The first kappa shape index (κ1) is 28.0. The second-order valence-electron chi connectivity index (χ2n) is 18.0. The molecule has 252 valence electrons. The second-order valence-corrected chi connectivity index (χ2v) is 18.0. The molecule has 0 radical (unpaired) electrons. The summed E-state index contributed by atoms with van der Waals surface area (Å²) in [6, 6.07) is 25.6. The minimum absolute atomic E-state index is 0.0439. The standard InChI is InChI=1S/C42H44N6O2/c43-13-17-47-15-11-41-29-5-1-3-7-31(29)45-37(41)35-27(21-33(41)47)25(23-47)10-20-50-40(35)46-32-8-4-2-6-30(32)42-12-16-48(18-14-44)24-26-9-19-49-39(45)36(38(42)46)28(26)22-34(42)48/h1-10,27-28,33-40H,11-12,15-24H2/q+2/t27-,28-,33-,34-,35+,36+,37-,38-,39+,40+,41+,42+,47?,48?/m0/s1. The summed E-state index contributed by atoms with van der Waals surface area (Å²) in [5.74, 6) is 1.40. The molecule has 0 aromatic heterocycles. The summed E-state index contributed by atoms with van der Waals surface area (Å²) < 4.78 is 16.7. The zero-order chi connectivity index (χ0) is 32.8. The van der Waals surface area contributed by atoms with Gasteiger partial charge >= 0.3 is 0 Å². The summed E-state index contributed by atoms with van der Waals surface area (Å²) in [5.41, 5.74) is 8.82. The van der Waals surface area contributed by atoms with Crippen LogP contribution in [0.25, 0.3) is 0 Å². The van der Waals surface area contributed by atoms with Crippen LogP contribution in [0.1, 0.15) is 36.8 Å². The highest BCUT2D eigenvalue weighted by Gasteiger charge is 2.80. The summed E-state index contributed by atoms with van der Waals surface area (Å²) >= 11 is 0. The molecule has 8 nitrogen and oxygen atoms in total. The van der Waals surface area contributed by atoms with Crippen LogP contribution in [-0.2, 0) is 20.3 Å². The van der Waals surface area contributed by atoms with Crippen molar-refractivity contribution in [3.63, 3.8) is 0 Å². The highest BCUT2D eigenvalue weighted by atomic mass is 16.5. The number of rotatable bonds is 2. The van der Waals surface area contributed by atoms with Gasteiger partial charge in [-0.2, -0.15) is 10.5 Å². The highest BCUT2D eigenvalue weighted by Crippen LogP contribution is 2.72. The average molecular weight is 665 g/mol. The van der Waals surface area contributed by atoms with E-state index in [1.807, 2.05) is 0 Å². The smallest absolute Gasteiger partial charge is 0.167 e. The van der Waals surface area contributed by atoms with E-state index in [1.54, 1.807) is 11.1 Å². The largest absolute Gasteiger partial charge is 0.354 e.